The lowest BCUT2D eigenvalue weighted by Gasteiger charge is -2.36. The number of piperazine rings is 1. The van der Waals surface area contributed by atoms with E-state index in [0.29, 0.717) is 18.1 Å². The van der Waals surface area contributed by atoms with Crippen molar-refractivity contribution in [2.75, 3.05) is 30.8 Å². The normalized spacial score (nSPS) is 21.5. The summed E-state index contributed by atoms with van der Waals surface area (Å²) in [7, 11) is -3.10. The predicted octanol–water partition coefficient (Wildman–Crippen LogP) is 1.12. The predicted molar refractivity (Wildman–Crippen MR) is 70.3 cm³/mol. The topological polar surface area (TPSA) is 49.4 Å². The molecule has 6 heteroatoms. The Hall–Kier alpha value is -0.780. The largest absolute Gasteiger partial charge is 0.353 e. The van der Waals surface area contributed by atoms with Gasteiger partial charge in [-0.25, -0.2) is 8.42 Å². The number of benzene rings is 1. The summed E-state index contributed by atoms with van der Waals surface area (Å²) in [5.41, 5.74) is 0.895. The van der Waals surface area contributed by atoms with Crippen LogP contribution in [0.5, 0.6) is 0 Å². The molecule has 0 radical (unpaired) electrons. The fourth-order valence-electron chi connectivity index (χ4n) is 1.99. The molecule has 1 aliphatic heterocycles. The molecule has 2 rings (SSSR count). The van der Waals surface area contributed by atoms with Gasteiger partial charge in [0.2, 0.25) is 0 Å². The van der Waals surface area contributed by atoms with Gasteiger partial charge < -0.3 is 10.2 Å². The first-order chi connectivity index (χ1) is 7.98. The SMILES string of the molecule is CS(=O)(=O)C1CNCCN1c1ccc(Cl)cc1. The van der Waals surface area contributed by atoms with Crippen LogP contribution in [-0.4, -0.2) is 39.7 Å². The number of hydrogen-bond acceptors (Lipinski definition) is 4. The Kier molecular flexibility index (Phi) is 3.61. The van der Waals surface area contributed by atoms with Gasteiger partial charge >= 0.3 is 0 Å². The second-order valence-corrected chi connectivity index (χ2v) is 6.80. The molecule has 1 heterocycles. The maximum absolute atomic E-state index is 11.7. The Morgan fingerprint density at radius 2 is 2.00 bits per heavy atom. The molecule has 1 N–H and O–H groups in total. The van der Waals surface area contributed by atoms with Crippen LogP contribution in [0.3, 0.4) is 0 Å². The second kappa shape index (κ2) is 4.84. The molecule has 4 nitrogen and oxygen atoms in total. The van der Waals surface area contributed by atoms with Crippen molar-refractivity contribution in [3.63, 3.8) is 0 Å². The van der Waals surface area contributed by atoms with E-state index in [2.05, 4.69) is 5.32 Å². The molecule has 1 aromatic rings. The summed E-state index contributed by atoms with van der Waals surface area (Å²) in [6, 6.07) is 7.26. The van der Waals surface area contributed by atoms with Crippen molar-refractivity contribution >= 4 is 27.1 Å². The lowest BCUT2D eigenvalue weighted by atomic mass is 10.2. The molecular weight excluding hydrogens is 260 g/mol. The van der Waals surface area contributed by atoms with Gasteiger partial charge in [-0.3, -0.25) is 0 Å². The molecule has 1 fully saturated rings. The van der Waals surface area contributed by atoms with Gasteiger partial charge in [0, 0.05) is 36.6 Å². The summed E-state index contributed by atoms with van der Waals surface area (Å²) >= 11 is 5.83. The van der Waals surface area contributed by atoms with Crippen LogP contribution in [0.1, 0.15) is 0 Å². The molecule has 0 aliphatic carbocycles. The molecule has 1 aromatic carbocycles. The Balaban J connectivity index is 2.31. The third-order valence-electron chi connectivity index (χ3n) is 2.85. The summed E-state index contributed by atoms with van der Waals surface area (Å²) < 4.78 is 23.5. The zero-order chi connectivity index (χ0) is 12.5. The average Bonchev–Trinajstić information content (AvgIpc) is 2.29. The fourth-order valence-corrected chi connectivity index (χ4v) is 3.23. The van der Waals surface area contributed by atoms with Gasteiger partial charge in [0.05, 0.1) is 0 Å². The number of rotatable bonds is 2. The van der Waals surface area contributed by atoms with Crippen molar-refractivity contribution in [1.82, 2.24) is 5.32 Å². The third kappa shape index (κ3) is 2.91. The highest BCUT2D eigenvalue weighted by Crippen LogP contribution is 2.22. The van der Waals surface area contributed by atoms with E-state index >= 15 is 0 Å². The molecule has 94 valence electrons. The van der Waals surface area contributed by atoms with Crippen LogP contribution < -0.4 is 10.2 Å². The monoisotopic (exact) mass is 274 g/mol. The van der Waals surface area contributed by atoms with E-state index in [1.54, 1.807) is 12.1 Å². The van der Waals surface area contributed by atoms with Gasteiger partial charge in [-0.15, -0.1) is 0 Å². The van der Waals surface area contributed by atoms with Crippen LogP contribution in [-0.2, 0) is 9.84 Å². The third-order valence-corrected chi connectivity index (χ3v) is 4.51. The zero-order valence-electron chi connectivity index (χ0n) is 9.56. The van der Waals surface area contributed by atoms with Crippen LogP contribution in [0.15, 0.2) is 24.3 Å². The second-order valence-electron chi connectivity index (χ2n) is 4.16. The first-order valence-electron chi connectivity index (χ1n) is 5.40. The minimum Gasteiger partial charge on any atom is -0.353 e. The van der Waals surface area contributed by atoms with Crippen molar-refractivity contribution in [1.29, 1.82) is 0 Å². The lowest BCUT2D eigenvalue weighted by molar-refractivity contribution is 0.522. The molecule has 0 aromatic heterocycles. The van der Waals surface area contributed by atoms with E-state index in [1.807, 2.05) is 17.0 Å². The van der Waals surface area contributed by atoms with Gasteiger partial charge in [-0.1, -0.05) is 11.6 Å². The molecule has 1 atom stereocenters. The summed E-state index contributed by atoms with van der Waals surface area (Å²) in [5.74, 6) is 0. The van der Waals surface area contributed by atoms with E-state index in [0.717, 1.165) is 12.2 Å². The van der Waals surface area contributed by atoms with Crippen molar-refractivity contribution in [2.24, 2.45) is 0 Å². The van der Waals surface area contributed by atoms with Gasteiger partial charge in [-0.05, 0) is 24.3 Å². The van der Waals surface area contributed by atoms with Crippen molar-refractivity contribution in [3.05, 3.63) is 29.3 Å². The van der Waals surface area contributed by atoms with Crippen molar-refractivity contribution in [2.45, 2.75) is 5.37 Å². The van der Waals surface area contributed by atoms with E-state index in [1.165, 1.54) is 6.26 Å². The fraction of sp³-hybridized carbons (Fsp3) is 0.455. The van der Waals surface area contributed by atoms with E-state index in [9.17, 15) is 8.42 Å². The highest BCUT2D eigenvalue weighted by molar-refractivity contribution is 7.91. The number of anilines is 1. The quantitative estimate of drug-likeness (QED) is 0.878. The number of sulfone groups is 1. The summed E-state index contributed by atoms with van der Waals surface area (Å²) in [6.07, 6.45) is 1.27. The van der Waals surface area contributed by atoms with Crippen LogP contribution in [0, 0.1) is 0 Å². The Morgan fingerprint density at radius 1 is 1.35 bits per heavy atom. The summed E-state index contributed by atoms with van der Waals surface area (Å²) in [4.78, 5) is 1.90. The molecule has 1 saturated heterocycles. The molecule has 1 aliphatic rings. The maximum Gasteiger partial charge on any atom is 0.169 e. The number of nitrogens with one attached hydrogen (secondary N) is 1. The lowest BCUT2D eigenvalue weighted by Crippen LogP contribution is -2.54. The first-order valence-corrected chi connectivity index (χ1v) is 7.73. The molecule has 0 spiro atoms. The first kappa shape index (κ1) is 12.7. The molecule has 17 heavy (non-hydrogen) atoms. The van der Waals surface area contributed by atoms with Gasteiger partial charge in [0.15, 0.2) is 9.84 Å². The Bertz CT molecular complexity index is 487. The minimum atomic E-state index is -3.10. The highest BCUT2D eigenvalue weighted by Gasteiger charge is 2.30. The average molecular weight is 275 g/mol. The van der Waals surface area contributed by atoms with Crippen molar-refractivity contribution in [3.8, 4) is 0 Å². The molecule has 0 amide bonds. The Labute approximate surface area is 106 Å². The van der Waals surface area contributed by atoms with Gasteiger partial charge in [0.25, 0.3) is 0 Å². The molecule has 0 bridgehead atoms. The molecule has 1 unspecified atom stereocenters. The van der Waals surface area contributed by atoms with Gasteiger partial charge in [-0.2, -0.15) is 0 Å². The number of halogens is 1. The van der Waals surface area contributed by atoms with E-state index in [4.69, 9.17) is 11.6 Å². The van der Waals surface area contributed by atoms with Crippen molar-refractivity contribution < 1.29 is 8.42 Å². The molecular formula is C11H15ClN2O2S. The maximum atomic E-state index is 11.7. The van der Waals surface area contributed by atoms with E-state index < -0.39 is 15.2 Å². The number of hydrogen-bond donors (Lipinski definition) is 1. The molecule has 0 saturated carbocycles. The van der Waals surface area contributed by atoms with Gasteiger partial charge in [0.1, 0.15) is 5.37 Å². The van der Waals surface area contributed by atoms with Crippen LogP contribution >= 0.6 is 11.6 Å². The smallest absolute Gasteiger partial charge is 0.169 e. The number of nitrogens with zero attached hydrogens (tertiary/aromatic N) is 1. The van der Waals surface area contributed by atoms with Crippen LogP contribution in [0.25, 0.3) is 0 Å². The summed E-state index contributed by atoms with van der Waals surface area (Å²) in [6.45, 7) is 1.93. The minimum absolute atomic E-state index is 0.460. The standard InChI is InChI=1S/C11H15ClN2O2S/c1-17(15,16)11-8-13-6-7-14(11)10-4-2-9(12)3-5-10/h2-5,11,13H,6-8H2,1H3. The zero-order valence-corrected chi connectivity index (χ0v) is 11.1. The summed E-state index contributed by atoms with van der Waals surface area (Å²) in [5, 5.41) is 3.26. The Morgan fingerprint density at radius 3 is 2.59 bits per heavy atom. The van der Waals surface area contributed by atoms with Crippen LogP contribution in [0.2, 0.25) is 5.02 Å². The van der Waals surface area contributed by atoms with E-state index in [-0.39, 0.29) is 0 Å². The highest BCUT2D eigenvalue weighted by atomic mass is 35.5. The van der Waals surface area contributed by atoms with Crippen LogP contribution in [0.4, 0.5) is 5.69 Å².